The fourth-order valence-corrected chi connectivity index (χ4v) is 2.38. The minimum atomic E-state index is 0.212. The van der Waals surface area contributed by atoms with E-state index >= 15 is 0 Å². The van der Waals surface area contributed by atoms with Crippen LogP contribution in [0.5, 0.6) is 5.75 Å². The molecule has 0 saturated heterocycles. The molecule has 0 unspecified atom stereocenters. The molecule has 2 aromatic carbocycles. The Morgan fingerprint density at radius 3 is 2.43 bits per heavy atom. The second kappa shape index (κ2) is 7.63. The minimum absolute atomic E-state index is 0.212. The van der Waals surface area contributed by atoms with Crippen molar-refractivity contribution in [1.29, 1.82) is 0 Å². The van der Waals surface area contributed by atoms with Gasteiger partial charge in [0.05, 0.1) is 7.11 Å². The summed E-state index contributed by atoms with van der Waals surface area (Å²) in [6.45, 7) is 2.15. The van der Waals surface area contributed by atoms with Crippen LogP contribution in [0.4, 0.5) is 0 Å². The summed E-state index contributed by atoms with van der Waals surface area (Å²) in [5.74, 6) is 1.06. The van der Waals surface area contributed by atoms with Gasteiger partial charge >= 0.3 is 0 Å². The van der Waals surface area contributed by atoms with Crippen LogP contribution in [0.2, 0.25) is 0 Å². The highest BCUT2D eigenvalue weighted by Gasteiger charge is 2.07. The molecule has 0 aliphatic heterocycles. The summed E-state index contributed by atoms with van der Waals surface area (Å²) in [5.41, 5.74) is 3.23. The molecule has 0 spiro atoms. The molecule has 2 rings (SSSR count). The van der Waals surface area contributed by atoms with Gasteiger partial charge in [-0.1, -0.05) is 43.7 Å². The lowest BCUT2D eigenvalue weighted by atomic mass is 10.00. The van der Waals surface area contributed by atoms with Crippen LogP contribution < -0.4 is 4.74 Å². The van der Waals surface area contributed by atoms with Gasteiger partial charge in [-0.2, -0.15) is 0 Å². The third-order valence-corrected chi connectivity index (χ3v) is 3.59. The molecule has 0 aliphatic rings. The molecule has 110 valence electrons. The van der Waals surface area contributed by atoms with Gasteiger partial charge in [0.15, 0.2) is 5.78 Å². The van der Waals surface area contributed by atoms with Crippen molar-refractivity contribution in [3.63, 3.8) is 0 Å². The van der Waals surface area contributed by atoms with Gasteiger partial charge in [-0.3, -0.25) is 4.79 Å². The maximum atomic E-state index is 12.3. The van der Waals surface area contributed by atoms with E-state index < -0.39 is 0 Å². The Hall–Kier alpha value is -2.09. The summed E-state index contributed by atoms with van der Waals surface area (Å²) < 4.78 is 5.13. The van der Waals surface area contributed by atoms with Crippen molar-refractivity contribution < 1.29 is 9.53 Å². The molecule has 2 heteroatoms. The number of benzene rings is 2. The smallest absolute Gasteiger partial charge is 0.163 e. The molecule has 2 nitrogen and oxygen atoms in total. The van der Waals surface area contributed by atoms with E-state index in [1.807, 2.05) is 42.5 Å². The van der Waals surface area contributed by atoms with Crippen molar-refractivity contribution in [2.45, 2.75) is 32.6 Å². The maximum Gasteiger partial charge on any atom is 0.163 e. The highest BCUT2D eigenvalue weighted by Crippen LogP contribution is 2.15. The Labute approximate surface area is 126 Å². The van der Waals surface area contributed by atoms with Crippen molar-refractivity contribution in [3.8, 4) is 5.75 Å². The van der Waals surface area contributed by atoms with Gasteiger partial charge in [0, 0.05) is 12.0 Å². The van der Waals surface area contributed by atoms with Gasteiger partial charge in [-0.05, 0) is 42.2 Å². The molecule has 21 heavy (non-hydrogen) atoms. The number of methoxy groups -OCH3 is 1. The summed E-state index contributed by atoms with van der Waals surface area (Å²) in [6.07, 6.45) is 3.44. The van der Waals surface area contributed by atoms with Crippen LogP contribution in [0.3, 0.4) is 0 Å². The third kappa shape index (κ3) is 4.45. The number of aryl methyl sites for hydroxylation is 2. The summed E-state index contributed by atoms with van der Waals surface area (Å²) in [5, 5.41) is 0. The number of ketones is 1. The molecule has 0 aromatic heterocycles. The first kappa shape index (κ1) is 15.3. The molecule has 0 bridgehead atoms. The summed E-state index contributed by atoms with van der Waals surface area (Å²) in [4.78, 5) is 12.3. The van der Waals surface area contributed by atoms with E-state index in [9.17, 15) is 4.79 Å². The van der Waals surface area contributed by atoms with Crippen LogP contribution in [0.15, 0.2) is 48.5 Å². The average molecular weight is 282 g/mol. The number of rotatable bonds is 7. The molecule has 0 heterocycles. The molecule has 0 fully saturated rings. The van der Waals surface area contributed by atoms with Gasteiger partial charge < -0.3 is 4.74 Å². The number of hydrogen-bond donors (Lipinski definition) is 0. The largest absolute Gasteiger partial charge is 0.497 e. The maximum absolute atomic E-state index is 12.3. The zero-order chi connectivity index (χ0) is 15.1. The second-order valence-corrected chi connectivity index (χ2v) is 5.22. The van der Waals surface area contributed by atoms with Gasteiger partial charge in [-0.25, -0.2) is 0 Å². The van der Waals surface area contributed by atoms with Crippen molar-refractivity contribution in [2.75, 3.05) is 7.11 Å². The van der Waals surface area contributed by atoms with Crippen LogP contribution in [0.25, 0.3) is 0 Å². The van der Waals surface area contributed by atoms with Crippen molar-refractivity contribution in [3.05, 3.63) is 65.2 Å². The topological polar surface area (TPSA) is 26.3 Å². The van der Waals surface area contributed by atoms with Crippen LogP contribution in [0, 0.1) is 0 Å². The van der Waals surface area contributed by atoms with E-state index in [2.05, 4.69) is 13.0 Å². The highest BCUT2D eigenvalue weighted by atomic mass is 16.5. The van der Waals surface area contributed by atoms with Crippen LogP contribution in [-0.4, -0.2) is 12.9 Å². The second-order valence-electron chi connectivity index (χ2n) is 5.22. The number of hydrogen-bond acceptors (Lipinski definition) is 2. The lowest BCUT2D eigenvalue weighted by Gasteiger charge is -2.05. The molecule has 0 saturated carbocycles. The van der Waals surface area contributed by atoms with E-state index in [1.54, 1.807) is 7.11 Å². The first-order valence-corrected chi connectivity index (χ1v) is 7.48. The number of carbonyl (C=O) groups is 1. The lowest BCUT2D eigenvalue weighted by Crippen LogP contribution is -2.02. The van der Waals surface area contributed by atoms with Gasteiger partial charge in [0.2, 0.25) is 0 Å². The van der Waals surface area contributed by atoms with Gasteiger partial charge in [-0.15, -0.1) is 0 Å². The highest BCUT2D eigenvalue weighted by molar-refractivity contribution is 5.96. The lowest BCUT2D eigenvalue weighted by molar-refractivity contribution is 0.0982. The van der Waals surface area contributed by atoms with E-state index in [1.165, 1.54) is 5.56 Å². The Kier molecular flexibility index (Phi) is 5.56. The molecular weight excluding hydrogens is 260 g/mol. The fraction of sp³-hybridized carbons (Fsp3) is 0.316. The Morgan fingerprint density at radius 1 is 1.00 bits per heavy atom. The van der Waals surface area contributed by atoms with E-state index in [4.69, 9.17) is 4.74 Å². The monoisotopic (exact) mass is 282 g/mol. The van der Waals surface area contributed by atoms with E-state index in [-0.39, 0.29) is 5.78 Å². The molecule has 0 radical (unpaired) electrons. The predicted octanol–water partition coefficient (Wildman–Crippen LogP) is 4.46. The normalized spacial score (nSPS) is 10.4. The van der Waals surface area contributed by atoms with Gasteiger partial charge in [0.25, 0.3) is 0 Å². The third-order valence-electron chi connectivity index (χ3n) is 3.59. The van der Waals surface area contributed by atoms with Crippen LogP contribution >= 0.6 is 0 Å². The minimum Gasteiger partial charge on any atom is -0.497 e. The van der Waals surface area contributed by atoms with Crippen molar-refractivity contribution in [2.24, 2.45) is 0 Å². The van der Waals surface area contributed by atoms with Crippen molar-refractivity contribution >= 4 is 5.78 Å². The van der Waals surface area contributed by atoms with Gasteiger partial charge in [0.1, 0.15) is 5.75 Å². The van der Waals surface area contributed by atoms with Crippen LogP contribution in [0.1, 0.15) is 41.3 Å². The summed E-state index contributed by atoms with van der Waals surface area (Å²) in [7, 11) is 1.65. The predicted molar refractivity (Wildman–Crippen MR) is 86.1 cm³/mol. The molecule has 0 atom stereocenters. The SMILES string of the molecule is CCCc1cccc(C(=O)CCc2ccc(OC)cc2)c1. The summed E-state index contributed by atoms with van der Waals surface area (Å²) in [6, 6.07) is 15.9. The number of Topliss-reactive ketones (excluding diaryl/α,β-unsaturated/α-hetero) is 1. The molecule has 0 N–H and O–H groups in total. The first-order valence-electron chi connectivity index (χ1n) is 7.48. The Morgan fingerprint density at radius 2 is 1.76 bits per heavy atom. The average Bonchev–Trinajstić information content (AvgIpc) is 2.53. The molecular formula is C19H22O2. The first-order chi connectivity index (χ1) is 10.2. The van der Waals surface area contributed by atoms with E-state index in [0.717, 1.165) is 36.1 Å². The molecule has 0 aliphatic carbocycles. The van der Waals surface area contributed by atoms with Crippen molar-refractivity contribution in [1.82, 2.24) is 0 Å². The quantitative estimate of drug-likeness (QED) is 0.701. The molecule has 0 amide bonds. The molecule has 2 aromatic rings. The summed E-state index contributed by atoms with van der Waals surface area (Å²) >= 11 is 0. The zero-order valence-corrected chi connectivity index (χ0v) is 12.8. The fourth-order valence-electron chi connectivity index (χ4n) is 2.38. The standard InChI is InChI=1S/C19H22O2/c1-3-5-16-6-4-7-17(14-16)19(20)13-10-15-8-11-18(21-2)12-9-15/h4,6-9,11-12,14H,3,5,10,13H2,1-2H3. The Balaban J connectivity index is 1.95. The Bertz CT molecular complexity index is 585. The zero-order valence-electron chi connectivity index (χ0n) is 12.8. The number of ether oxygens (including phenoxy) is 1. The van der Waals surface area contributed by atoms with E-state index in [0.29, 0.717) is 6.42 Å². The van der Waals surface area contributed by atoms with Crippen LogP contribution in [-0.2, 0) is 12.8 Å². The number of carbonyl (C=O) groups excluding carboxylic acids is 1.